The molecule has 6 nitrogen and oxygen atoms in total. The Kier molecular flexibility index (Phi) is 4.28. The van der Waals surface area contributed by atoms with Crippen molar-refractivity contribution in [3.8, 4) is 0 Å². The fraction of sp³-hybridized carbons (Fsp3) is 0.417. The first kappa shape index (κ1) is 15.2. The average molecular weight is 315 g/mol. The standard InChI is InChI=1S/C12H17N3O3S2/c1-7-5-14-11(19-7)6-15-20(16,17)12-9(3)18-8(2)10(12)4-13/h5,15H,4,6,13H2,1-3H3. The number of aryl methyl sites for hydroxylation is 3. The molecule has 20 heavy (non-hydrogen) atoms. The van der Waals surface area contributed by atoms with Crippen LogP contribution in [0.15, 0.2) is 15.5 Å². The second-order valence-electron chi connectivity index (χ2n) is 4.42. The van der Waals surface area contributed by atoms with Gasteiger partial charge in [-0.15, -0.1) is 11.3 Å². The highest BCUT2D eigenvalue weighted by atomic mass is 32.2. The van der Waals surface area contributed by atoms with Gasteiger partial charge in [-0.25, -0.2) is 18.1 Å². The minimum Gasteiger partial charge on any atom is -0.465 e. The number of aromatic nitrogens is 1. The topological polar surface area (TPSA) is 98.2 Å². The molecule has 0 aliphatic rings. The van der Waals surface area contributed by atoms with Gasteiger partial charge in [-0.05, 0) is 20.8 Å². The lowest BCUT2D eigenvalue weighted by Gasteiger charge is -2.06. The Balaban J connectivity index is 2.27. The van der Waals surface area contributed by atoms with Crippen molar-refractivity contribution in [3.63, 3.8) is 0 Å². The molecule has 110 valence electrons. The third-order valence-corrected chi connectivity index (χ3v) is 5.39. The van der Waals surface area contributed by atoms with E-state index in [1.165, 1.54) is 11.3 Å². The maximum atomic E-state index is 12.4. The van der Waals surface area contributed by atoms with E-state index in [1.807, 2.05) is 6.92 Å². The van der Waals surface area contributed by atoms with Crippen molar-refractivity contribution >= 4 is 21.4 Å². The summed E-state index contributed by atoms with van der Waals surface area (Å²) in [7, 11) is -3.66. The van der Waals surface area contributed by atoms with Crippen LogP contribution in [0.2, 0.25) is 0 Å². The zero-order valence-electron chi connectivity index (χ0n) is 11.6. The molecular weight excluding hydrogens is 298 g/mol. The van der Waals surface area contributed by atoms with Crippen molar-refractivity contribution < 1.29 is 12.8 Å². The van der Waals surface area contributed by atoms with Gasteiger partial charge in [-0.3, -0.25) is 0 Å². The van der Waals surface area contributed by atoms with Gasteiger partial charge in [0.15, 0.2) is 0 Å². The van der Waals surface area contributed by atoms with E-state index >= 15 is 0 Å². The first-order valence-electron chi connectivity index (χ1n) is 6.05. The lowest BCUT2D eigenvalue weighted by Crippen LogP contribution is -2.25. The molecule has 0 spiro atoms. The van der Waals surface area contributed by atoms with Gasteiger partial charge in [0.1, 0.15) is 21.4 Å². The van der Waals surface area contributed by atoms with Crippen molar-refractivity contribution in [2.24, 2.45) is 5.73 Å². The van der Waals surface area contributed by atoms with E-state index in [2.05, 4.69) is 9.71 Å². The van der Waals surface area contributed by atoms with E-state index in [1.54, 1.807) is 20.0 Å². The number of thiazole rings is 1. The summed E-state index contributed by atoms with van der Waals surface area (Å²) in [4.78, 5) is 5.31. The summed E-state index contributed by atoms with van der Waals surface area (Å²) in [6, 6.07) is 0. The smallest absolute Gasteiger partial charge is 0.244 e. The monoisotopic (exact) mass is 315 g/mol. The third-order valence-electron chi connectivity index (χ3n) is 2.88. The molecule has 8 heteroatoms. The van der Waals surface area contributed by atoms with Crippen molar-refractivity contribution in [1.82, 2.24) is 9.71 Å². The molecule has 0 fully saturated rings. The van der Waals surface area contributed by atoms with E-state index < -0.39 is 10.0 Å². The van der Waals surface area contributed by atoms with Gasteiger partial charge in [0.2, 0.25) is 10.0 Å². The highest BCUT2D eigenvalue weighted by Crippen LogP contribution is 2.26. The molecule has 2 aromatic heterocycles. The number of nitrogens with two attached hydrogens (primary N) is 1. The number of hydrogen-bond acceptors (Lipinski definition) is 6. The zero-order valence-corrected chi connectivity index (χ0v) is 13.2. The van der Waals surface area contributed by atoms with Crippen LogP contribution in [0.25, 0.3) is 0 Å². The zero-order chi connectivity index (χ0) is 14.9. The van der Waals surface area contributed by atoms with Crippen LogP contribution in [0.4, 0.5) is 0 Å². The van der Waals surface area contributed by atoms with Crippen LogP contribution in [-0.4, -0.2) is 13.4 Å². The molecule has 0 unspecified atom stereocenters. The molecule has 3 N–H and O–H groups in total. The van der Waals surface area contributed by atoms with Crippen LogP contribution in [0.3, 0.4) is 0 Å². The van der Waals surface area contributed by atoms with Crippen molar-refractivity contribution in [2.45, 2.75) is 38.8 Å². The molecule has 0 saturated carbocycles. The maximum Gasteiger partial charge on any atom is 0.244 e. The molecule has 0 saturated heterocycles. The predicted molar refractivity (Wildman–Crippen MR) is 76.9 cm³/mol. The van der Waals surface area contributed by atoms with Crippen LogP contribution in [0.1, 0.15) is 27.0 Å². The molecule has 2 heterocycles. The Morgan fingerprint density at radius 3 is 2.60 bits per heavy atom. The van der Waals surface area contributed by atoms with Gasteiger partial charge < -0.3 is 10.2 Å². The number of nitrogens with zero attached hydrogens (tertiary/aromatic N) is 1. The summed E-state index contributed by atoms with van der Waals surface area (Å²) in [6.45, 7) is 5.53. The number of nitrogens with one attached hydrogen (secondary N) is 1. The van der Waals surface area contributed by atoms with E-state index in [0.29, 0.717) is 17.1 Å². The SMILES string of the molecule is Cc1cnc(CNS(=O)(=O)c2c(C)oc(C)c2CN)s1. The van der Waals surface area contributed by atoms with Gasteiger partial charge in [0.25, 0.3) is 0 Å². The number of rotatable bonds is 5. The van der Waals surface area contributed by atoms with E-state index in [4.69, 9.17) is 10.2 Å². The second-order valence-corrected chi connectivity index (χ2v) is 7.44. The molecule has 0 bridgehead atoms. The van der Waals surface area contributed by atoms with Crippen LogP contribution in [0.5, 0.6) is 0 Å². The fourth-order valence-electron chi connectivity index (χ4n) is 2.01. The molecule has 0 aliphatic heterocycles. The summed E-state index contributed by atoms with van der Waals surface area (Å²) in [6.07, 6.45) is 1.72. The van der Waals surface area contributed by atoms with Crippen LogP contribution < -0.4 is 10.5 Å². The number of hydrogen-bond donors (Lipinski definition) is 2. The van der Waals surface area contributed by atoms with Crippen LogP contribution in [0, 0.1) is 20.8 Å². The molecule has 0 amide bonds. The molecule has 2 aromatic rings. The largest absolute Gasteiger partial charge is 0.465 e. The third kappa shape index (κ3) is 2.93. The highest BCUT2D eigenvalue weighted by molar-refractivity contribution is 7.89. The van der Waals surface area contributed by atoms with Gasteiger partial charge >= 0.3 is 0 Å². The van der Waals surface area contributed by atoms with Gasteiger partial charge in [-0.1, -0.05) is 0 Å². The molecule has 0 atom stereocenters. The lowest BCUT2D eigenvalue weighted by atomic mass is 10.2. The quantitative estimate of drug-likeness (QED) is 0.873. The first-order chi connectivity index (χ1) is 9.35. The normalized spacial score (nSPS) is 12.0. The minimum absolute atomic E-state index is 0.121. The van der Waals surface area contributed by atoms with Gasteiger partial charge in [0.05, 0.1) is 6.54 Å². The van der Waals surface area contributed by atoms with Crippen molar-refractivity contribution in [2.75, 3.05) is 0 Å². The Morgan fingerprint density at radius 2 is 2.05 bits per heavy atom. The number of furan rings is 1. The average Bonchev–Trinajstić information content (AvgIpc) is 2.90. The van der Waals surface area contributed by atoms with E-state index in [9.17, 15) is 8.42 Å². The first-order valence-corrected chi connectivity index (χ1v) is 8.35. The van der Waals surface area contributed by atoms with Crippen molar-refractivity contribution in [3.05, 3.63) is 33.2 Å². The Bertz CT molecular complexity index is 716. The molecule has 0 aliphatic carbocycles. The minimum atomic E-state index is -3.66. The maximum absolute atomic E-state index is 12.4. The summed E-state index contributed by atoms with van der Waals surface area (Å²) in [5.74, 6) is 0.890. The lowest BCUT2D eigenvalue weighted by molar-refractivity contribution is 0.494. The molecular formula is C12H17N3O3S2. The second kappa shape index (κ2) is 5.65. The summed E-state index contributed by atoms with van der Waals surface area (Å²) in [5.41, 5.74) is 6.13. The Labute approximate surface area is 122 Å². The van der Waals surface area contributed by atoms with Crippen LogP contribution in [-0.2, 0) is 23.1 Å². The van der Waals surface area contributed by atoms with Gasteiger partial charge in [0, 0.05) is 23.2 Å². The van der Waals surface area contributed by atoms with E-state index in [-0.39, 0.29) is 18.0 Å². The van der Waals surface area contributed by atoms with E-state index in [0.717, 1.165) is 9.88 Å². The molecule has 0 aromatic carbocycles. The molecule has 0 radical (unpaired) electrons. The van der Waals surface area contributed by atoms with Gasteiger partial charge in [-0.2, -0.15) is 0 Å². The van der Waals surface area contributed by atoms with Crippen LogP contribution >= 0.6 is 11.3 Å². The summed E-state index contributed by atoms with van der Waals surface area (Å²) >= 11 is 1.46. The fourth-order valence-corrected chi connectivity index (χ4v) is 4.27. The molecule has 2 rings (SSSR count). The predicted octanol–water partition coefficient (Wildman–Crippen LogP) is 1.60. The Hall–Kier alpha value is -1.22. The van der Waals surface area contributed by atoms with Crippen molar-refractivity contribution in [1.29, 1.82) is 0 Å². The summed E-state index contributed by atoms with van der Waals surface area (Å²) < 4.78 is 32.7. The Morgan fingerprint density at radius 1 is 1.35 bits per heavy atom. The number of sulfonamides is 1. The highest BCUT2D eigenvalue weighted by Gasteiger charge is 2.26. The summed E-state index contributed by atoms with van der Waals surface area (Å²) in [5, 5.41) is 0.721.